The summed E-state index contributed by atoms with van der Waals surface area (Å²) in [5.41, 5.74) is 2.13. The first-order valence-corrected chi connectivity index (χ1v) is 4.98. The molecule has 0 N–H and O–H groups in total. The fourth-order valence-corrected chi connectivity index (χ4v) is 1.38. The van der Waals surface area contributed by atoms with E-state index in [9.17, 15) is 10.1 Å². The van der Waals surface area contributed by atoms with Gasteiger partial charge >= 0.3 is 0 Å². The van der Waals surface area contributed by atoms with Crippen LogP contribution in [0, 0.1) is 16.0 Å². The van der Waals surface area contributed by atoms with Gasteiger partial charge in [0.1, 0.15) is 0 Å². The van der Waals surface area contributed by atoms with E-state index in [1.54, 1.807) is 0 Å². The van der Waals surface area contributed by atoms with Crippen LogP contribution in [-0.4, -0.2) is 4.92 Å². The first kappa shape index (κ1) is 11.4. The Bertz CT molecular complexity index is 352. The summed E-state index contributed by atoms with van der Waals surface area (Å²) in [5.74, 6) is 0.630. The summed E-state index contributed by atoms with van der Waals surface area (Å²) in [6.07, 6.45) is 3.50. The predicted octanol–water partition coefficient (Wildman–Crippen LogP) is 3.13. The average Bonchev–Trinajstić information content (AvgIpc) is 2.16. The molecule has 3 nitrogen and oxygen atoms in total. The first-order valence-electron chi connectivity index (χ1n) is 4.98. The summed E-state index contributed by atoms with van der Waals surface area (Å²) in [6.45, 7) is 4.33. The molecule has 1 aromatic carbocycles. The van der Waals surface area contributed by atoms with Crippen LogP contribution < -0.4 is 0 Å². The molecule has 0 heterocycles. The maximum atomic E-state index is 10.1. The molecule has 0 aliphatic heterocycles. The number of benzene rings is 1. The molecule has 3 heteroatoms. The summed E-state index contributed by atoms with van der Waals surface area (Å²) in [5, 5.41) is 10.1. The maximum Gasteiger partial charge on any atom is 0.235 e. The van der Waals surface area contributed by atoms with Crippen molar-refractivity contribution in [3.05, 3.63) is 51.7 Å². The molecule has 80 valence electrons. The largest absolute Gasteiger partial charge is 0.259 e. The van der Waals surface area contributed by atoms with E-state index >= 15 is 0 Å². The maximum absolute atomic E-state index is 10.1. The summed E-state index contributed by atoms with van der Waals surface area (Å²) >= 11 is 0. The minimum absolute atomic E-state index is 0.456. The molecule has 0 bridgehead atoms. The van der Waals surface area contributed by atoms with Gasteiger partial charge in [-0.3, -0.25) is 10.1 Å². The molecular weight excluding hydrogens is 190 g/mol. The molecular formula is C12H15NO2. The van der Waals surface area contributed by atoms with Crippen LogP contribution in [0.2, 0.25) is 0 Å². The van der Waals surface area contributed by atoms with E-state index in [1.165, 1.54) is 11.6 Å². The predicted molar refractivity (Wildman–Crippen MR) is 61.0 cm³/mol. The third kappa shape index (κ3) is 4.40. The quantitative estimate of drug-likeness (QED) is 0.559. The second-order valence-corrected chi connectivity index (χ2v) is 3.94. The van der Waals surface area contributed by atoms with Crippen molar-refractivity contribution in [2.75, 3.05) is 0 Å². The molecule has 0 aliphatic rings. The summed E-state index contributed by atoms with van der Waals surface area (Å²) in [4.78, 5) is 9.65. The van der Waals surface area contributed by atoms with Gasteiger partial charge < -0.3 is 0 Å². The molecule has 15 heavy (non-hydrogen) atoms. The highest BCUT2D eigenvalue weighted by Crippen LogP contribution is 2.10. The highest BCUT2D eigenvalue weighted by atomic mass is 16.6. The Morgan fingerprint density at radius 1 is 1.33 bits per heavy atom. The molecule has 0 aromatic heterocycles. The number of rotatable bonds is 4. The van der Waals surface area contributed by atoms with Crippen LogP contribution in [0.5, 0.6) is 0 Å². The van der Waals surface area contributed by atoms with Crippen LogP contribution in [0.15, 0.2) is 30.5 Å². The van der Waals surface area contributed by atoms with Crippen molar-refractivity contribution in [1.29, 1.82) is 0 Å². The van der Waals surface area contributed by atoms with Gasteiger partial charge in [-0.2, -0.15) is 0 Å². The Labute approximate surface area is 89.6 Å². The fourth-order valence-electron chi connectivity index (χ4n) is 1.38. The van der Waals surface area contributed by atoms with Gasteiger partial charge in [-0.05, 0) is 23.5 Å². The third-order valence-electron chi connectivity index (χ3n) is 2.01. The smallest absolute Gasteiger partial charge is 0.235 e. The summed E-state index contributed by atoms with van der Waals surface area (Å²) < 4.78 is 0. The van der Waals surface area contributed by atoms with E-state index in [2.05, 4.69) is 13.8 Å². The molecule has 0 fully saturated rings. The van der Waals surface area contributed by atoms with Crippen molar-refractivity contribution in [1.82, 2.24) is 0 Å². The molecule has 0 saturated carbocycles. The number of hydrogen-bond donors (Lipinski definition) is 0. The zero-order chi connectivity index (χ0) is 11.3. The Kier molecular flexibility index (Phi) is 4.03. The number of hydrogen-bond acceptors (Lipinski definition) is 2. The molecule has 0 aliphatic carbocycles. The molecule has 0 saturated heterocycles. The lowest BCUT2D eigenvalue weighted by Crippen LogP contribution is -1.93. The van der Waals surface area contributed by atoms with E-state index in [4.69, 9.17) is 0 Å². The van der Waals surface area contributed by atoms with Crippen molar-refractivity contribution in [2.24, 2.45) is 5.92 Å². The van der Waals surface area contributed by atoms with Crippen molar-refractivity contribution in [2.45, 2.75) is 20.3 Å². The van der Waals surface area contributed by atoms with Crippen LogP contribution in [0.25, 0.3) is 6.08 Å². The Morgan fingerprint density at radius 3 is 2.40 bits per heavy atom. The molecule has 1 rings (SSSR count). The summed E-state index contributed by atoms with van der Waals surface area (Å²) in [7, 11) is 0. The number of nitrogens with zero attached hydrogens (tertiary/aromatic N) is 1. The average molecular weight is 205 g/mol. The van der Waals surface area contributed by atoms with Crippen molar-refractivity contribution in [3.8, 4) is 0 Å². The van der Waals surface area contributed by atoms with Gasteiger partial charge in [-0.15, -0.1) is 0 Å². The molecule has 0 amide bonds. The van der Waals surface area contributed by atoms with Crippen LogP contribution in [0.3, 0.4) is 0 Å². The van der Waals surface area contributed by atoms with Crippen molar-refractivity contribution < 1.29 is 4.92 Å². The molecule has 0 unspecified atom stereocenters. The Hall–Kier alpha value is -1.64. The van der Waals surface area contributed by atoms with Crippen LogP contribution >= 0.6 is 0 Å². The lowest BCUT2D eigenvalue weighted by molar-refractivity contribution is -0.400. The van der Waals surface area contributed by atoms with Gasteiger partial charge in [0, 0.05) is 6.08 Å². The SMILES string of the molecule is CC(C)Cc1ccc(C=C[N+](=O)[O-])cc1. The van der Waals surface area contributed by atoms with Crippen LogP contribution in [0.1, 0.15) is 25.0 Å². The van der Waals surface area contributed by atoms with E-state index in [0.717, 1.165) is 18.2 Å². The van der Waals surface area contributed by atoms with Crippen molar-refractivity contribution >= 4 is 6.08 Å². The van der Waals surface area contributed by atoms with E-state index < -0.39 is 4.92 Å². The van der Waals surface area contributed by atoms with Gasteiger partial charge in [0.05, 0.1) is 4.92 Å². The molecule has 1 aromatic rings. The van der Waals surface area contributed by atoms with E-state index in [1.807, 2.05) is 24.3 Å². The second kappa shape index (κ2) is 5.29. The second-order valence-electron chi connectivity index (χ2n) is 3.94. The summed E-state index contributed by atoms with van der Waals surface area (Å²) in [6, 6.07) is 7.83. The lowest BCUT2D eigenvalue weighted by Gasteiger charge is -2.04. The molecule has 0 radical (unpaired) electrons. The minimum Gasteiger partial charge on any atom is -0.259 e. The number of nitro groups is 1. The highest BCUT2D eigenvalue weighted by Gasteiger charge is 1.97. The third-order valence-corrected chi connectivity index (χ3v) is 2.01. The van der Waals surface area contributed by atoms with E-state index in [-0.39, 0.29) is 0 Å². The first-order chi connectivity index (χ1) is 7.08. The Balaban J connectivity index is 2.68. The van der Waals surface area contributed by atoms with Gasteiger partial charge in [-0.1, -0.05) is 38.1 Å². The molecule has 0 atom stereocenters. The zero-order valence-corrected chi connectivity index (χ0v) is 9.01. The minimum atomic E-state index is -0.456. The topological polar surface area (TPSA) is 43.1 Å². The van der Waals surface area contributed by atoms with Gasteiger partial charge in [0.2, 0.25) is 6.20 Å². The standard InChI is InChI=1S/C12H15NO2/c1-10(2)9-12-5-3-11(4-6-12)7-8-13(14)15/h3-8,10H,9H2,1-2H3. The van der Waals surface area contributed by atoms with Crippen LogP contribution in [0.4, 0.5) is 0 Å². The highest BCUT2D eigenvalue weighted by molar-refractivity contribution is 5.48. The van der Waals surface area contributed by atoms with Gasteiger partial charge in [0.15, 0.2) is 0 Å². The normalized spacial score (nSPS) is 11.1. The van der Waals surface area contributed by atoms with Crippen molar-refractivity contribution in [3.63, 3.8) is 0 Å². The zero-order valence-electron chi connectivity index (χ0n) is 9.01. The van der Waals surface area contributed by atoms with E-state index in [0.29, 0.717) is 5.92 Å². The molecule has 0 spiro atoms. The monoisotopic (exact) mass is 205 g/mol. The van der Waals surface area contributed by atoms with Gasteiger partial charge in [0.25, 0.3) is 0 Å². The lowest BCUT2D eigenvalue weighted by atomic mass is 10.0. The van der Waals surface area contributed by atoms with Gasteiger partial charge in [-0.25, -0.2) is 0 Å². The fraction of sp³-hybridized carbons (Fsp3) is 0.333. The Morgan fingerprint density at radius 2 is 1.93 bits per heavy atom. The van der Waals surface area contributed by atoms with Crippen LogP contribution in [-0.2, 0) is 6.42 Å².